The van der Waals surface area contributed by atoms with E-state index in [1.165, 1.54) is 4.31 Å². The Kier molecular flexibility index (Phi) is 7.95. The van der Waals surface area contributed by atoms with Gasteiger partial charge in [0.1, 0.15) is 0 Å². The summed E-state index contributed by atoms with van der Waals surface area (Å²) in [5.41, 5.74) is 0.878. The Morgan fingerprint density at radius 1 is 1.33 bits per heavy atom. The quantitative estimate of drug-likeness (QED) is 0.607. The van der Waals surface area contributed by atoms with Crippen LogP contribution in [0.4, 0.5) is 0 Å². The fraction of sp³-hybridized carbons (Fsp3) is 0.714. The summed E-state index contributed by atoms with van der Waals surface area (Å²) in [6.07, 6.45) is 2.61. The first-order valence-electron chi connectivity index (χ1n) is 7.52. The Hall–Kier alpha value is -0.890. The normalized spacial score (nSPS) is 12.2. The summed E-state index contributed by atoms with van der Waals surface area (Å²) in [5.74, 6) is 0. The lowest BCUT2D eigenvalue weighted by molar-refractivity contribution is 0.135. The van der Waals surface area contributed by atoms with Crippen LogP contribution < -0.4 is 5.32 Å². The molecule has 6 nitrogen and oxygen atoms in total. The van der Waals surface area contributed by atoms with Crippen LogP contribution in [-0.2, 0) is 21.3 Å². The van der Waals surface area contributed by atoms with Crippen LogP contribution in [-0.4, -0.2) is 50.6 Å². The third-order valence-electron chi connectivity index (χ3n) is 3.14. The van der Waals surface area contributed by atoms with Crippen molar-refractivity contribution in [1.29, 1.82) is 0 Å². The summed E-state index contributed by atoms with van der Waals surface area (Å²) in [4.78, 5) is 3.33. The van der Waals surface area contributed by atoms with Crippen molar-refractivity contribution < 1.29 is 13.2 Å². The van der Waals surface area contributed by atoms with Crippen molar-refractivity contribution in [2.24, 2.45) is 0 Å². The molecule has 0 spiro atoms. The third kappa shape index (κ3) is 5.43. The molecular formula is C14H27N3O3S. The second kappa shape index (κ2) is 9.19. The Balaban J connectivity index is 2.71. The number of rotatable bonds is 11. The Labute approximate surface area is 127 Å². The zero-order valence-electron chi connectivity index (χ0n) is 13.2. The lowest BCUT2D eigenvalue weighted by atomic mass is 10.4. The largest absolute Gasteiger partial charge is 0.380 e. The molecule has 0 radical (unpaired) electrons. The first-order valence-corrected chi connectivity index (χ1v) is 8.96. The SMILES string of the molecule is CCCNCc1cc(S(=O)(=O)N(CC)CCOCC)c[nH]1. The molecule has 0 aromatic carbocycles. The highest BCUT2D eigenvalue weighted by atomic mass is 32.2. The maximum atomic E-state index is 12.5. The smallest absolute Gasteiger partial charge is 0.244 e. The number of hydrogen-bond acceptors (Lipinski definition) is 4. The molecule has 7 heteroatoms. The van der Waals surface area contributed by atoms with Crippen molar-refractivity contribution >= 4 is 10.0 Å². The minimum Gasteiger partial charge on any atom is -0.380 e. The zero-order chi connectivity index (χ0) is 15.7. The first-order chi connectivity index (χ1) is 10.1. The lowest BCUT2D eigenvalue weighted by Gasteiger charge is -2.19. The van der Waals surface area contributed by atoms with Gasteiger partial charge >= 0.3 is 0 Å². The number of H-pyrrole nitrogens is 1. The number of nitrogens with one attached hydrogen (secondary N) is 2. The van der Waals surface area contributed by atoms with E-state index in [0.29, 0.717) is 37.7 Å². The minimum atomic E-state index is -3.45. The van der Waals surface area contributed by atoms with Crippen molar-refractivity contribution in [3.05, 3.63) is 18.0 Å². The van der Waals surface area contributed by atoms with E-state index in [1.807, 2.05) is 13.8 Å². The fourth-order valence-electron chi connectivity index (χ4n) is 1.98. The highest BCUT2D eigenvalue weighted by Gasteiger charge is 2.23. The van der Waals surface area contributed by atoms with E-state index in [-0.39, 0.29) is 0 Å². The van der Waals surface area contributed by atoms with Gasteiger partial charge in [-0.15, -0.1) is 0 Å². The van der Waals surface area contributed by atoms with Crippen LogP contribution in [0, 0.1) is 0 Å². The molecule has 1 aromatic rings. The molecule has 21 heavy (non-hydrogen) atoms. The van der Waals surface area contributed by atoms with Crippen LogP contribution >= 0.6 is 0 Å². The van der Waals surface area contributed by atoms with Crippen LogP contribution in [0.5, 0.6) is 0 Å². The van der Waals surface area contributed by atoms with Gasteiger partial charge in [-0.25, -0.2) is 8.42 Å². The average Bonchev–Trinajstić information content (AvgIpc) is 2.93. The summed E-state index contributed by atoms with van der Waals surface area (Å²) >= 11 is 0. The Bertz CT molecular complexity index is 499. The minimum absolute atomic E-state index is 0.314. The topological polar surface area (TPSA) is 74.4 Å². The van der Waals surface area contributed by atoms with E-state index < -0.39 is 10.0 Å². The van der Waals surface area contributed by atoms with Crippen LogP contribution in [0.2, 0.25) is 0 Å². The van der Waals surface area contributed by atoms with Crippen molar-refractivity contribution in [2.75, 3.05) is 32.8 Å². The van der Waals surface area contributed by atoms with Crippen molar-refractivity contribution in [3.63, 3.8) is 0 Å². The molecule has 1 rings (SSSR count). The summed E-state index contributed by atoms with van der Waals surface area (Å²) in [5, 5.41) is 3.24. The highest BCUT2D eigenvalue weighted by Crippen LogP contribution is 2.16. The summed E-state index contributed by atoms with van der Waals surface area (Å²) in [6, 6.07) is 1.70. The van der Waals surface area contributed by atoms with Crippen LogP contribution in [0.3, 0.4) is 0 Å². The fourth-order valence-corrected chi connectivity index (χ4v) is 3.43. The standard InChI is InChI=1S/C14H27N3O3S/c1-4-7-15-11-13-10-14(12-16-13)21(18,19)17(5-2)8-9-20-6-3/h10,12,15-16H,4-9,11H2,1-3H3. The molecule has 0 aliphatic carbocycles. The maximum Gasteiger partial charge on any atom is 0.244 e. The highest BCUT2D eigenvalue weighted by molar-refractivity contribution is 7.89. The molecule has 0 saturated heterocycles. The average molecular weight is 317 g/mol. The molecule has 1 heterocycles. The van der Waals surface area contributed by atoms with Gasteiger partial charge in [-0.3, -0.25) is 0 Å². The number of aromatic nitrogens is 1. The van der Waals surface area contributed by atoms with E-state index in [2.05, 4.69) is 17.2 Å². The molecular weight excluding hydrogens is 290 g/mol. The zero-order valence-corrected chi connectivity index (χ0v) is 14.0. The van der Waals surface area contributed by atoms with Crippen LogP contribution in [0.25, 0.3) is 0 Å². The molecule has 2 N–H and O–H groups in total. The van der Waals surface area contributed by atoms with Crippen molar-refractivity contribution in [1.82, 2.24) is 14.6 Å². The molecule has 0 atom stereocenters. The van der Waals surface area contributed by atoms with E-state index >= 15 is 0 Å². The van der Waals surface area contributed by atoms with E-state index in [4.69, 9.17) is 4.74 Å². The summed E-state index contributed by atoms with van der Waals surface area (Å²) in [6.45, 7) is 9.20. The predicted molar refractivity (Wildman–Crippen MR) is 83.7 cm³/mol. The summed E-state index contributed by atoms with van der Waals surface area (Å²) < 4.78 is 31.7. The molecule has 0 aliphatic heterocycles. The van der Waals surface area contributed by atoms with Gasteiger partial charge in [-0.2, -0.15) is 4.31 Å². The number of hydrogen-bond donors (Lipinski definition) is 2. The monoisotopic (exact) mass is 317 g/mol. The summed E-state index contributed by atoms with van der Waals surface area (Å²) in [7, 11) is -3.45. The third-order valence-corrected chi connectivity index (χ3v) is 5.09. The molecule has 0 saturated carbocycles. The molecule has 0 amide bonds. The predicted octanol–water partition coefficient (Wildman–Crippen LogP) is 1.56. The molecule has 122 valence electrons. The molecule has 1 aromatic heterocycles. The maximum absolute atomic E-state index is 12.5. The van der Waals surface area contributed by atoms with Crippen LogP contribution in [0.15, 0.2) is 17.2 Å². The van der Waals surface area contributed by atoms with Gasteiger partial charge in [0, 0.05) is 38.1 Å². The van der Waals surface area contributed by atoms with Gasteiger partial charge in [0.25, 0.3) is 0 Å². The first kappa shape index (κ1) is 18.2. The molecule has 0 aliphatic rings. The lowest BCUT2D eigenvalue weighted by Crippen LogP contribution is -2.33. The van der Waals surface area contributed by atoms with Gasteiger partial charge in [0.15, 0.2) is 0 Å². The van der Waals surface area contributed by atoms with E-state index in [0.717, 1.165) is 18.7 Å². The number of likely N-dealkylation sites (N-methyl/N-ethyl adjacent to an activating group) is 1. The van der Waals surface area contributed by atoms with Gasteiger partial charge in [-0.1, -0.05) is 13.8 Å². The number of aromatic amines is 1. The van der Waals surface area contributed by atoms with Crippen molar-refractivity contribution in [3.8, 4) is 0 Å². The Morgan fingerprint density at radius 2 is 2.10 bits per heavy atom. The van der Waals surface area contributed by atoms with Gasteiger partial charge in [0.05, 0.1) is 11.5 Å². The molecule has 0 unspecified atom stereocenters. The van der Waals surface area contributed by atoms with Gasteiger partial charge in [-0.05, 0) is 26.0 Å². The van der Waals surface area contributed by atoms with E-state index in [1.54, 1.807) is 12.3 Å². The van der Waals surface area contributed by atoms with Gasteiger partial charge in [0.2, 0.25) is 10.0 Å². The second-order valence-corrected chi connectivity index (χ2v) is 6.67. The second-order valence-electron chi connectivity index (χ2n) is 4.73. The van der Waals surface area contributed by atoms with Gasteiger partial charge < -0.3 is 15.0 Å². The van der Waals surface area contributed by atoms with Crippen molar-refractivity contribution in [2.45, 2.75) is 38.6 Å². The Morgan fingerprint density at radius 3 is 2.71 bits per heavy atom. The number of nitrogens with zero attached hydrogens (tertiary/aromatic N) is 1. The molecule has 0 bridgehead atoms. The van der Waals surface area contributed by atoms with E-state index in [9.17, 15) is 8.42 Å². The number of ether oxygens (including phenoxy) is 1. The number of sulfonamides is 1. The van der Waals surface area contributed by atoms with Crippen LogP contribution in [0.1, 0.15) is 32.9 Å². The molecule has 0 fully saturated rings.